The second kappa shape index (κ2) is 9.59. The van der Waals surface area contributed by atoms with Gasteiger partial charge in [-0.1, -0.05) is 43.3 Å². The van der Waals surface area contributed by atoms with E-state index >= 15 is 0 Å². The molecule has 0 amide bonds. The lowest BCUT2D eigenvalue weighted by Crippen LogP contribution is -2.31. The Kier molecular flexibility index (Phi) is 6.35. The third kappa shape index (κ3) is 4.56. The fourth-order valence-electron chi connectivity index (χ4n) is 4.28. The molecule has 35 heavy (non-hydrogen) atoms. The molecule has 11 heteroatoms. The lowest BCUT2D eigenvalue weighted by Gasteiger charge is -2.21. The van der Waals surface area contributed by atoms with E-state index in [-0.39, 0.29) is 29.0 Å². The van der Waals surface area contributed by atoms with Crippen molar-refractivity contribution in [2.45, 2.75) is 37.1 Å². The first-order chi connectivity index (χ1) is 17.0. The number of aromatic hydroxyl groups is 1. The quantitative estimate of drug-likeness (QED) is 0.411. The maximum Gasteiger partial charge on any atom is 0.246 e. The molecule has 3 aromatic rings. The number of nitrogens with one attached hydrogen (secondary N) is 2. The number of phenols is 1. The van der Waals surface area contributed by atoms with E-state index in [1.165, 1.54) is 10.4 Å². The number of rotatable bonds is 8. The number of anilines is 3. The van der Waals surface area contributed by atoms with E-state index in [9.17, 15) is 13.5 Å². The Morgan fingerprint density at radius 1 is 0.971 bits per heavy atom. The minimum atomic E-state index is -3.80. The van der Waals surface area contributed by atoms with Crippen molar-refractivity contribution in [3.05, 3.63) is 65.1 Å². The predicted molar refractivity (Wildman–Crippen MR) is 132 cm³/mol. The summed E-state index contributed by atoms with van der Waals surface area (Å²) >= 11 is 0. The van der Waals surface area contributed by atoms with Crippen molar-refractivity contribution in [2.24, 2.45) is 9.98 Å². The Morgan fingerprint density at radius 2 is 1.66 bits per heavy atom. The van der Waals surface area contributed by atoms with Crippen molar-refractivity contribution < 1.29 is 13.5 Å². The molecule has 0 aliphatic carbocycles. The van der Waals surface area contributed by atoms with Crippen LogP contribution in [-0.2, 0) is 10.0 Å². The van der Waals surface area contributed by atoms with Crippen LogP contribution in [0.5, 0.6) is 5.75 Å². The Hall–Kier alpha value is -3.57. The van der Waals surface area contributed by atoms with Crippen molar-refractivity contribution in [3.63, 3.8) is 0 Å². The molecule has 3 N–H and O–H groups in total. The molecule has 0 bridgehead atoms. The zero-order chi connectivity index (χ0) is 24.4. The monoisotopic (exact) mass is 493 g/mol. The SMILES string of the molecule is CC[C@@H](Nc1nc2c(nc1Nc1cccc(S(=O)(=O)N3CCCC3)c1O)=NCN=2)c1ccccc1. The summed E-state index contributed by atoms with van der Waals surface area (Å²) in [6, 6.07) is 14.6. The fraction of sp³-hybridized carbons (Fsp3) is 0.333. The van der Waals surface area contributed by atoms with Crippen LogP contribution in [0.2, 0.25) is 0 Å². The maximum atomic E-state index is 13.1. The number of sulfonamides is 1. The van der Waals surface area contributed by atoms with Crippen LogP contribution in [0.3, 0.4) is 0 Å². The standard InChI is InChI=1S/C24H27N7O3S/c1-2-17(16-9-4-3-5-10-16)27-23-24(30-22-21(29-23)25-15-26-22)28-18-11-8-12-19(20(18)32)35(33,34)31-13-6-7-14-31/h3-5,8-12,17,32H,2,6-7,13-15H2,1H3,(H,25,27,29)(H,26,28,30)/t17-/m1/s1. The van der Waals surface area contributed by atoms with E-state index in [0.29, 0.717) is 35.7 Å². The Morgan fingerprint density at radius 3 is 2.34 bits per heavy atom. The topological polar surface area (TPSA) is 132 Å². The van der Waals surface area contributed by atoms with Crippen LogP contribution in [0.15, 0.2) is 63.4 Å². The maximum absolute atomic E-state index is 13.1. The summed E-state index contributed by atoms with van der Waals surface area (Å²) in [4.78, 5) is 17.6. The van der Waals surface area contributed by atoms with Gasteiger partial charge in [0.25, 0.3) is 0 Å². The molecule has 10 nitrogen and oxygen atoms in total. The third-order valence-electron chi connectivity index (χ3n) is 6.16. The molecule has 0 saturated carbocycles. The van der Waals surface area contributed by atoms with Gasteiger partial charge in [-0.2, -0.15) is 4.31 Å². The van der Waals surface area contributed by atoms with Crippen molar-refractivity contribution in [1.29, 1.82) is 0 Å². The van der Waals surface area contributed by atoms with Gasteiger partial charge in [-0.3, -0.25) is 0 Å². The van der Waals surface area contributed by atoms with Gasteiger partial charge >= 0.3 is 0 Å². The second-order valence-electron chi connectivity index (χ2n) is 8.43. The number of aromatic nitrogens is 2. The molecule has 0 spiro atoms. The number of phenolic OH excluding ortho intramolecular Hbond substituents is 1. The predicted octanol–water partition coefficient (Wildman–Crippen LogP) is 2.48. The Balaban J connectivity index is 1.52. The Bertz CT molecular complexity index is 1460. The molecule has 0 radical (unpaired) electrons. The molecule has 5 rings (SSSR count). The van der Waals surface area contributed by atoms with Gasteiger partial charge in [0, 0.05) is 13.1 Å². The normalized spacial score (nSPS) is 16.3. The first-order valence-electron chi connectivity index (χ1n) is 11.6. The zero-order valence-electron chi connectivity index (χ0n) is 19.3. The van der Waals surface area contributed by atoms with Gasteiger partial charge in [0.2, 0.25) is 10.0 Å². The molecular formula is C24H27N7O3S. The van der Waals surface area contributed by atoms with E-state index in [0.717, 1.165) is 24.8 Å². The molecule has 1 saturated heterocycles. The van der Waals surface area contributed by atoms with Crippen LogP contribution in [0.4, 0.5) is 17.3 Å². The summed E-state index contributed by atoms with van der Waals surface area (Å²) in [5.74, 6) is 0.405. The van der Waals surface area contributed by atoms with E-state index in [1.807, 2.05) is 30.3 Å². The molecular weight excluding hydrogens is 466 g/mol. The summed E-state index contributed by atoms with van der Waals surface area (Å²) in [5, 5.41) is 17.5. The van der Waals surface area contributed by atoms with Crippen LogP contribution >= 0.6 is 0 Å². The first kappa shape index (κ1) is 23.2. The lowest BCUT2D eigenvalue weighted by atomic mass is 10.0. The molecule has 2 aromatic carbocycles. The van der Waals surface area contributed by atoms with Crippen molar-refractivity contribution in [3.8, 4) is 5.75 Å². The summed E-state index contributed by atoms with van der Waals surface area (Å²) < 4.78 is 27.6. The zero-order valence-corrected chi connectivity index (χ0v) is 20.2. The summed E-state index contributed by atoms with van der Waals surface area (Å²) in [5.41, 5.74) is 2.14. The minimum Gasteiger partial charge on any atom is -0.504 e. The lowest BCUT2D eigenvalue weighted by molar-refractivity contribution is 0.445. The molecule has 0 unspecified atom stereocenters. The van der Waals surface area contributed by atoms with Gasteiger partial charge in [-0.05, 0) is 37.0 Å². The molecule has 3 heterocycles. The fourth-order valence-corrected chi connectivity index (χ4v) is 5.91. The average Bonchev–Trinajstić information content (AvgIpc) is 3.57. The summed E-state index contributed by atoms with van der Waals surface area (Å²) in [7, 11) is -3.80. The highest BCUT2D eigenvalue weighted by molar-refractivity contribution is 7.89. The largest absolute Gasteiger partial charge is 0.504 e. The average molecular weight is 494 g/mol. The molecule has 1 aromatic heterocycles. The second-order valence-corrected chi connectivity index (χ2v) is 10.3. The van der Waals surface area contributed by atoms with E-state index in [1.54, 1.807) is 12.1 Å². The van der Waals surface area contributed by atoms with Gasteiger partial charge in [-0.15, -0.1) is 0 Å². The van der Waals surface area contributed by atoms with Crippen LogP contribution in [0.1, 0.15) is 37.8 Å². The van der Waals surface area contributed by atoms with Crippen LogP contribution in [0, 0.1) is 0 Å². The summed E-state index contributed by atoms with van der Waals surface area (Å²) in [6.45, 7) is 3.22. The molecule has 1 atom stereocenters. The number of para-hydroxylation sites is 1. The third-order valence-corrected chi connectivity index (χ3v) is 8.09. The highest BCUT2D eigenvalue weighted by Gasteiger charge is 2.30. The van der Waals surface area contributed by atoms with Crippen molar-refractivity contribution in [2.75, 3.05) is 30.4 Å². The van der Waals surface area contributed by atoms with Crippen molar-refractivity contribution >= 4 is 27.3 Å². The highest BCUT2D eigenvalue weighted by atomic mass is 32.2. The smallest absolute Gasteiger partial charge is 0.246 e. The number of hydrogen-bond acceptors (Lipinski definition) is 9. The van der Waals surface area contributed by atoms with Gasteiger partial charge in [0.05, 0.1) is 11.7 Å². The van der Waals surface area contributed by atoms with Gasteiger partial charge in [-0.25, -0.2) is 28.4 Å². The number of fused-ring (bicyclic) bond motifs is 1. The van der Waals surface area contributed by atoms with Gasteiger partial charge in [0.15, 0.2) is 28.4 Å². The highest BCUT2D eigenvalue weighted by Crippen LogP contribution is 2.36. The van der Waals surface area contributed by atoms with E-state index < -0.39 is 10.0 Å². The van der Waals surface area contributed by atoms with E-state index in [2.05, 4.69) is 37.5 Å². The van der Waals surface area contributed by atoms with Crippen LogP contribution in [-0.4, -0.2) is 47.6 Å². The van der Waals surface area contributed by atoms with Crippen LogP contribution < -0.4 is 21.6 Å². The number of nitrogens with zero attached hydrogens (tertiary/aromatic N) is 5. The minimum absolute atomic E-state index is 0.0436. The molecule has 182 valence electrons. The van der Waals surface area contributed by atoms with Gasteiger partial charge in [0.1, 0.15) is 11.6 Å². The summed E-state index contributed by atoms with van der Waals surface area (Å²) in [6.07, 6.45) is 2.41. The molecule has 2 aliphatic rings. The van der Waals surface area contributed by atoms with Crippen LogP contribution in [0.25, 0.3) is 0 Å². The molecule has 1 fully saturated rings. The Labute approximate surface area is 203 Å². The number of hydrogen-bond donors (Lipinski definition) is 3. The van der Waals surface area contributed by atoms with E-state index in [4.69, 9.17) is 0 Å². The van der Waals surface area contributed by atoms with Crippen molar-refractivity contribution in [1.82, 2.24) is 14.3 Å². The van der Waals surface area contributed by atoms with Gasteiger partial charge < -0.3 is 15.7 Å². The molecule has 2 aliphatic heterocycles. The first-order valence-corrected chi connectivity index (χ1v) is 13.1. The number of benzene rings is 2.